The summed E-state index contributed by atoms with van der Waals surface area (Å²) in [7, 11) is 0. The van der Waals surface area contributed by atoms with Crippen LogP contribution in [0.3, 0.4) is 0 Å². The Kier molecular flexibility index (Phi) is 2.46. The van der Waals surface area contributed by atoms with E-state index in [0.29, 0.717) is 0 Å². The fourth-order valence-electron chi connectivity index (χ4n) is 0.831. The van der Waals surface area contributed by atoms with E-state index >= 15 is 0 Å². The molecule has 0 aliphatic rings. The van der Waals surface area contributed by atoms with Gasteiger partial charge in [0.05, 0.1) is 0 Å². The fourth-order valence-corrected chi connectivity index (χ4v) is 0.831. The highest BCUT2D eigenvalue weighted by Crippen LogP contribution is 2.11. The normalized spacial score (nSPS) is 13.0. The molecule has 1 N–H and O–H groups in total. The highest BCUT2D eigenvalue weighted by Gasteiger charge is 2.00. The lowest BCUT2D eigenvalue weighted by atomic mass is 10.0. The Morgan fingerprint density at radius 2 is 1.90 bits per heavy atom. The van der Waals surface area contributed by atoms with Crippen molar-refractivity contribution in [3.63, 3.8) is 0 Å². The summed E-state index contributed by atoms with van der Waals surface area (Å²) in [6.45, 7) is 3.89. The number of benzene rings is 1. The summed E-state index contributed by atoms with van der Waals surface area (Å²) in [6.07, 6.45) is 0. The van der Waals surface area contributed by atoms with Crippen molar-refractivity contribution in [2.75, 3.05) is 6.61 Å². The van der Waals surface area contributed by atoms with Gasteiger partial charge in [-0.2, -0.15) is 0 Å². The maximum absolute atomic E-state index is 8.73. The molecule has 1 aromatic carbocycles. The lowest BCUT2D eigenvalue weighted by molar-refractivity contribution is 0.282. The van der Waals surface area contributed by atoms with Gasteiger partial charge in [0, 0.05) is 12.5 Å². The molecule has 1 radical (unpaired) electrons. The van der Waals surface area contributed by atoms with Gasteiger partial charge in [-0.3, -0.25) is 0 Å². The second-order valence-electron chi connectivity index (χ2n) is 2.29. The molecule has 1 atom stereocenters. The van der Waals surface area contributed by atoms with E-state index in [1.54, 1.807) is 0 Å². The number of aliphatic hydroxyl groups is 1. The predicted octanol–water partition coefficient (Wildman–Crippen LogP) is 1.60. The average molecular weight is 135 g/mol. The average Bonchev–Trinajstić information content (AvgIpc) is 2.05. The van der Waals surface area contributed by atoms with Gasteiger partial charge in [-0.15, -0.1) is 0 Å². The quantitative estimate of drug-likeness (QED) is 0.653. The molecule has 1 nitrogen and oxygen atoms in total. The molecule has 0 saturated heterocycles. The maximum Gasteiger partial charge on any atom is 0.0499 e. The van der Waals surface area contributed by atoms with Crippen molar-refractivity contribution >= 4 is 0 Å². The van der Waals surface area contributed by atoms with E-state index in [9.17, 15) is 0 Å². The molecule has 0 aromatic heterocycles. The third kappa shape index (κ3) is 1.58. The van der Waals surface area contributed by atoms with E-state index in [1.165, 1.54) is 0 Å². The van der Waals surface area contributed by atoms with Crippen LogP contribution < -0.4 is 0 Å². The van der Waals surface area contributed by atoms with Crippen LogP contribution >= 0.6 is 0 Å². The highest BCUT2D eigenvalue weighted by molar-refractivity contribution is 5.20. The molecule has 0 aliphatic heterocycles. The summed E-state index contributed by atoms with van der Waals surface area (Å²) in [4.78, 5) is 0. The van der Waals surface area contributed by atoms with Crippen molar-refractivity contribution in [2.45, 2.75) is 5.92 Å². The first-order chi connectivity index (χ1) is 4.84. The van der Waals surface area contributed by atoms with Crippen molar-refractivity contribution < 1.29 is 5.11 Å². The number of rotatable bonds is 2. The van der Waals surface area contributed by atoms with Gasteiger partial charge in [0.1, 0.15) is 0 Å². The summed E-state index contributed by atoms with van der Waals surface area (Å²) < 4.78 is 0. The summed E-state index contributed by atoms with van der Waals surface area (Å²) in [5.74, 6) is 0.0150. The molecular formula is C9H11O. The monoisotopic (exact) mass is 135 g/mol. The van der Waals surface area contributed by atoms with Gasteiger partial charge >= 0.3 is 0 Å². The molecule has 0 amide bonds. The zero-order chi connectivity index (χ0) is 7.40. The van der Waals surface area contributed by atoms with E-state index in [2.05, 4.69) is 6.92 Å². The first-order valence-corrected chi connectivity index (χ1v) is 3.33. The Morgan fingerprint density at radius 1 is 1.30 bits per heavy atom. The Labute approximate surface area is 61.3 Å². The Balaban J connectivity index is 2.75. The topological polar surface area (TPSA) is 20.2 Å². The summed E-state index contributed by atoms with van der Waals surface area (Å²) >= 11 is 0. The minimum absolute atomic E-state index is 0.0150. The van der Waals surface area contributed by atoms with Gasteiger partial charge in [0.15, 0.2) is 0 Å². The van der Waals surface area contributed by atoms with Gasteiger partial charge < -0.3 is 5.11 Å². The zero-order valence-corrected chi connectivity index (χ0v) is 5.83. The van der Waals surface area contributed by atoms with Crippen LogP contribution in [0.4, 0.5) is 0 Å². The molecule has 10 heavy (non-hydrogen) atoms. The highest BCUT2D eigenvalue weighted by atomic mass is 16.3. The van der Waals surface area contributed by atoms with Crippen molar-refractivity contribution in [3.05, 3.63) is 42.8 Å². The SMILES string of the molecule is [CH2][C@@H](CO)c1ccccc1. The molecule has 53 valence electrons. The van der Waals surface area contributed by atoms with Gasteiger partial charge in [0.2, 0.25) is 0 Å². The van der Waals surface area contributed by atoms with Crippen LogP contribution in [0.5, 0.6) is 0 Å². The van der Waals surface area contributed by atoms with Gasteiger partial charge in [-0.05, 0) is 12.5 Å². The van der Waals surface area contributed by atoms with Crippen molar-refractivity contribution in [1.29, 1.82) is 0 Å². The summed E-state index contributed by atoms with van der Waals surface area (Å²) in [5.41, 5.74) is 1.09. The van der Waals surface area contributed by atoms with Gasteiger partial charge in [-0.1, -0.05) is 30.3 Å². The van der Waals surface area contributed by atoms with Crippen molar-refractivity contribution in [3.8, 4) is 0 Å². The van der Waals surface area contributed by atoms with E-state index in [-0.39, 0.29) is 12.5 Å². The number of hydrogen-bond acceptors (Lipinski definition) is 1. The first kappa shape index (κ1) is 7.29. The molecule has 1 aromatic rings. The molecule has 1 rings (SSSR count). The third-order valence-corrected chi connectivity index (χ3v) is 1.49. The van der Waals surface area contributed by atoms with Crippen LogP contribution in [0.2, 0.25) is 0 Å². The van der Waals surface area contributed by atoms with Crippen molar-refractivity contribution in [1.82, 2.24) is 0 Å². The lowest BCUT2D eigenvalue weighted by Gasteiger charge is -2.05. The maximum atomic E-state index is 8.73. The lowest BCUT2D eigenvalue weighted by Crippen LogP contribution is -1.97. The third-order valence-electron chi connectivity index (χ3n) is 1.49. The Bertz CT molecular complexity index is 181. The van der Waals surface area contributed by atoms with Crippen LogP contribution in [0, 0.1) is 6.92 Å². The molecule has 0 heterocycles. The van der Waals surface area contributed by atoms with Crippen LogP contribution in [-0.4, -0.2) is 11.7 Å². The molecule has 0 saturated carbocycles. The fraction of sp³-hybridized carbons (Fsp3) is 0.222. The number of aliphatic hydroxyl groups excluding tert-OH is 1. The number of hydrogen-bond donors (Lipinski definition) is 1. The minimum Gasteiger partial charge on any atom is -0.396 e. The largest absolute Gasteiger partial charge is 0.396 e. The molecular weight excluding hydrogens is 124 g/mol. The minimum atomic E-state index is 0.0150. The zero-order valence-electron chi connectivity index (χ0n) is 5.83. The van der Waals surface area contributed by atoms with Gasteiger partial charge in [0.25, 0.3) is 0 Å². The van der Waals surface area contributed by atoms with E-state index < -0.39 is 0 Å². The second kappa shape index (κ2) is 3.37. The van der Waals surface area contributed by atoms with Crippen LogP contribution in [0.25, 0.3) is 0 Å². The van der Waals surface area contributed by atoms with Crippen LogP contribution in [0.15, 0.2) is 30.3 Å². The van der Waals surface area contributed by atoms with E-state index in [4.69, 9.17) is 5.11 Å². The molecule has 0 fully saturated rings. The second-order valence-corrected chi connectivity index (χ2v) is 2.29. The van der Waals surface area contributed by atoms with Gasteiger partial charge in [-0.25, -0.2) is 0 Å². The molecule has 0 unspecified atom stereocenters. The molecule has 0 bridgehead atoms. The smallest absolute Gasteiger partial charge is 0.0499 e. The van der Waals surface area contributed by atoms with Crippen LogP contribution in [0.1, 0.15) is 11.5 Å². The Hall–Kier alpha value is -0.820. The first-order valence-electron chi connectivity index (χ1n) is 3.33. The predicted molar refractivity (Wildman–Crippen MR) is 41.6 cm³/mol. The molecule has 0 aliphatic carbocycles. The van der Waals surface area contributed by atoms with E-state index in [0.717, 1.165) is 5.56 Å². The summed E-state index contributed by atoms with van der Waals surface area (Å²) in [6, 6.07) is 9.78. The molecule has 0 spiro atoms. The van der Waals surface area contributed by atoms with E-state index in [1.807, 2.05) is 30.3 Å². The van der Waals surface area contributed by atoms with Crippen LogP contribution in [-0.2, 0) is 0 Å². The Morgan fingerprint density at radius 3 is 2.40 bits per heavy atom. The van der Waals surface area contributed by atoms with Crippen molar-refractivity contribution in [2.24, 2.45) is 0 Å². The standard InChI is InChI=1S/C9H11O/c1-8(7-10)9-5-3-2-4-6-9/h2-6,8,10H,1,7H2/t8-/m0/s1. The summed E-state index contributed by atoms with van der Waals surface area (Å²) in [5, 5.41) is 8.73. The molecule has 1 heteroatoms.